The van der Waals surface area contributed by atoms with Crippen LogP contribution in [0.3, 0.4) is 0 Å². The third kappa shape index (κ3) is 3.15. The van der Waals surface area contributed by atoms with Crippen LogP contribution in [0.15, 0.2) is 70.3 Å². The average Bonchev–Trinajstić information content (AvgIpc) is 3.24. The highest BCUT2D eigenvalue weighted by atomic mass is 19.2. The maximum atomic E-state index is 15.2. The fraction of sp³-hybridized carbons (Fsp3) is 0.172. The van der Waals surface area contributed by atoms with Crippen LogP contribution in [-0.4, -0.2) is 13.7 Å². The van der Waals surface area contributed by atoms with Gasteiger partial charge in [-0.1, -0.05) is 42.5 Å². The molecule has 6 rings (SSSR count). The fourth-order valence-corrected chi connectivity index (χ4v) is 5.30. The van der Waals surface area contributed by atoms with Gasteiger partial charge in [0.1, 0.15) is 5.75 Å². The quantitative estimate of drug-likeness (QED) is 0.341. The van der Waals surface area contributed by atoms with Crippen LogP contribution >= 0.6 is 0 Å². The van der Waals surface area contributed by atoms with Gasteiger partial charge in [0.05, 0.1) is 28.0 Å². The van der Waals surface area contributed by atoms with Gasteiger partial charge in [-0.15, -0.1) is 0 Å². The number of ether oxygens (including phenoxy) is 1. The largest absolute Gasteiger partial charge is 0.477 e. The first-order valence-electron chi connectivity index (χ1n) is 11.8. The average molecular weight is 500 g/mol. The van der Waals surface area contributed by atoms with Crippen molar-refractivity contribution in [2.75, 3.05) is 0 Å². The molecule has 2 aromatic heterocycles. The summed E-state index contributed by atoms with van der Waals surface area (Å²) in [6.45, 7) is 3.87. The molecule has 6 nitrogen and oxygen atoms in total. The molecular weight excluding hydrogens is 476 g/mol. The number of rotatable bonds is 2. The Kier molecular flexibility index (Phi) is 4.98. The molecule has 1 aliphatic heterocycles. The number of fused-ring (bicyclic) bond motifs is 5. The van der Waals surface area contributed by atoms with Crippen LogP contribution in [0.1, 0.15) is 28.5 Å². The molecule has 1 atom stereocenters. The first-order chi connectivity index (χ1) is 17.7. The summed E-state index contributed by atoms with van der Waals surface area (Å²) in [4.78, 5) is 26.8. The van der Waals surface area contributed by atoms with Crippen molar-refractivity contribution in [2.45, 2.75) is 20.0 Å². The molecule has 0 fully saturated rings. The zero-order valence-corrected chi connectivity index (χ0v) is 20.7. The molecule has 0 saturated heterocycles. The fourth-order valence-electron chi connectivity index (χ4n) is 5.30. The van der Waals surface area contributed by atoms with Crippen molar-refractivity contribution in [1.29, 1.82) is 0 Å². The molecule has 5 aromatic rings. The molecule has 37 heavy (non-hydrogen) atoms. The topological polar surface area (TPSA) is 58.2 Å². The molecular formula is C29H23F2N3O3. The van der Waals surface area contributed by atoms with E-state index in [2.05, 4.69) is 0 Å². The van der Waals surface area contributed by atoms with Crippen molar-refractivity contribution in [3.63, 3.8) is 0 Å². The monoisotopic (exact) mass is 499 g/mol. The van der Waals surface area contributed by atoms with Gasteiger partial charge >= 0.3 is 5.69 Å². The van der Waals surface area contributed by atoms with Crippen LogP contribution in [0.25, 0.3) is 27.8 Å². The predicted octanol–water partition coefficient (Wildman–Crippen LogP) is 5.07. The van der Waals surface area contributed by atoms with Crippen LogP contribution in [0.4, 0.5) is 8.78 Å². The highest BCUT2D eigenvalue weighted by Gasteiger charge is 2.38. The number of hydrogen-bond donors (Lipinski definition) is 0. The first-order valence-corrected chi connectivity index (χ1v) is 11.8. The van der Waals surface area contributed by atoms with E-state index >= 15 is 4.39 Å². The van der Waals surface area contributed by atoms with Crippen LogP contribution in [0.2, 0.25) is 0 Å². The Morgan fingerprint density at radius 2 is 1.65 bits per heavy atom. The minimum absolute atomic E-state index is 0.0312. The molecule has 0 amide bonds. The third-order valence-electron chi connectivity index (χ3n) is 7.12. The van der Waals surface area contributed by atoms with Gasteiger partial charge in [-0.05, 0) is 43.2 Å². The van der Waals surface area contributed by atoms with Crippen LogP contribution in [-0.2, 0) is 14.1 Å². The molecule has 0 bridgehead atoms. The molecule has 1 aliphatic rings. The number of benzene rings is 3. The minimum atomic E-state index is -1.12. The highest BCUT2D eigenvalue weighted by molar-refractivity contribution is 5.99. The first kappa shape index (κ1) is 23.0. The summed E-state index contributed by atoms with van der Waals surface area (Å²) in [6.07, 6.45) is -1.12. The van der Waals surface area contributed by atoms with Gasteiger partial charge in [-0.25, -0.2) is 13.6 Å². The summed E-state index contributed by atoms with van der Waals surface area (Å²) in [5, 5.41) is 0.300. The zero-order valence-electron chi connectivity index (χ0n) is 20.7. The Morgan fingerprint density at radius 3 is 2.41 bits per heavy atom. The summed E-state index contributed by atoms with van der Waals surface area (Å²) in [5.74, 6) is -1.61. The van der Waals surface area contributed by atoms with E-state index in [9.17, 15) is 14.0 Å². The van der Waals surface area contributed by atoms with E-state index in [0.717, 1.165) is 27.3 Å². The van der Waals surface area contributed by atoms with E-state index in [1.165, 1.54) is 23.7 Å². The number of aryl methyl sites for hydroxylation is 3. The van der Waals surface area contributed by atoms with Crippen molar-refractivity contribution in [2.24, 2.45) is 14.1 Å². The van der Waals surface area contributed by atoms with Gasteiger partial charge in [-0.3, -0.25) is 13.9 Å². The molecule has 0 spiro atoms. The van der Waals surface area contributed by atoms with E-state index in [1.54, 1.807) is 13.1 Å². The molecule has 186 valence electrons. The van der Waals surface area contributed by atoms with E-state index in [-0.39, 0.29) is 5.56 Å². The van der Waals surface area contributed by atoms with Gasteiger partial charge in [0.25, 0.3) is 5.56 Å². The standard InChI is InChI=1S/C29H23F2N3O3/c1-15-12-13-21-20(14-15)34-24(17-9-6-5-8-16(17)2)22-25(32(3)29(36)33(4)28(22)35)26(34)27(37-21)18-10-7-11-19(30)23(18)31/h5-14,27H,1-4H3/t27-/m1/s1. The summed E-state index contributed by atoms with van der Waals surface area (Å²) in [6, 6.07) is 17.1. The van der Waals surface area contributed by atoms with Crippen LogP contribution in [0, 0.1) is 25.5 Å². The van der Waals surface area contributed by atoms with E-state index in [4.69, 9.17) is 4.74 Å². The lowest BCUT2D eigenvalue weighted by atomic mass is 10.0. The number of aromatic nitrogens is 3. The summed E-state index contributed by atoms with van der Waals surface area (Å²) >= 11 is 0. The Bertz CT molecular complexity index is 1880. The maximum absolute atomic E-state index is 15.2. The maximum Gasteiger partial charge on any atom is 0.331 e. The molecule has 8 heteroatoms. The van der Waals surface area contributed by atoms with Crippen molar-refractivity contribution in [3.05, 3.63) is 116 Å². The summed E-state index contributed by atoms with van der Waals surface area (Å²) in [5.41, 5.74) is 3.50. The Hall–Kier alpha value is -4.46. The lowest BCUT2D eigenvalue weighted by Gasteiger charge is -2.30. The minimum Gasteiger partial charge on any atom is -0.477 e. The van der Waals surface area contributed by atoms with Crippen molar-refractivity contribution in [1.82, 2.24) is 13.7 Å². The third-order valence-corrected chi connectivity index (χ3v) is 7.12. The Balaban J connectivity index is 1.91. The highest BCUT2D eigenvalue weighted by Crippen LogP contribution is 2.47. The molecule has 0 saturated carbocycles. The number of hydrogen-bond acceptors (Lipinski definition) is 3. The van der Waals surface area contributed by atoms with Gasteiger partial charge in [0, 0.05) is 25.2 Å². The van der Waals surface area contributed by atoms with Crippen LogP contribution < -0.4 is 16.0 Å². The van der Waals surface area contributed by atoms with Gasteiger partial charge in [0.2, 0.25) is 0 Å². The van der Waals surface area contributed by atoms with Crippen molar-refractivity contribution >= 4 is 10.9 Å². The molecule has 0 unspecified atom stereocenters. The van der Waals surface area contributed by atoms with Crippen molar-refractivity contribution in [3.8, 4) is 22.7 Å². The summed E-state index contributed by atoms with van der Waals surface area (Å²) in [7, 11) is 3.00. The smallest absolute Gasteiger partial charge is 0.331 e. The molecule has 3 aromatic carbocycles. The second kappa shape index (κ2) is 8.03. The molecule has 0 N–H and O–H groups in total. The van der Waals surface area contributed by atoms with Gasteiger partial charge < -0.3 is 9.30 Å². The van der Waals surface area contributed by atoms with Crippen LogP contribution in [0.5, 0.6) is 5.75 Å². The zero-order chi connectivity index (χ0) is 26.2. The van der Waals surface area contributed by atoms with E-state index in [0.29, 0.717) is 33.7 Å². The lowest BCUT2D eigenvalue weighted by Crippen LogP contribution is -2.37. The second-order valence-electron chi connectivity index (χ2n) is 9.43. The van der Waals surface area contributed by atoms with E-state index in [1.807, 2.05) is 54.8 Å². The second-order valence-corrected chi connectivity index (χ2v) is 9.43. The van der Waals surface area contributed by atoms with Crippen molar-refractivity contribution < 1.29 is 13.5 Å². The van der Waals surface area contributed by atoms with E-state index < -0.39 is 29.0 Å². The lowest BCUT2D eigenvalue weighted by molar-refractivity contribution is 0.222. The van der Waals surface area contributed by atoms with Gasteiger partial charge in [-0.2, -0.15) is 0 Å². The summed E-state index contributed by atoms with van der Waals surface area (Å²) < 4.78 is 40.3. The van der Waals surface area contributed by atoms with Gasteiger partial charge in [0.15, 0.2) is 17.7 Å². The molecule has 3 heterocycles. The molecule has 0 aliphatic carbocycles. The number of nitrogens with zero attached hydrogens (tertiary/aromatic N) is 3. The normalized spacial score (nSPS) is 14.4. The molecule has 0 radical (unpaired) electrons. The SMILES string of the molecule is Cc1ccc2c(c1)-n1c(-c3ccccc3C)c3c(=O)n(C)c(=O)n(C)c3c1[C@@H](c1cccc(F)c1F)O2. The Morgan fingerprint density at radius 1 is 0.892 bits per heavy atom. The Labute approximate surface area is 210 Å². The predicted molar refractivity (Wildman–Crippen MR) is 137 cm³/mol. The number of halogens is 2.